The molecular formula is C39H44N4O10. The Kier molecular flexibility index (Phi) is 10.1. The van der Waals surface area contributed by atoms with Crippen LogP contribution in [0.4, 0.5) is 4.79 Å². The van der Waals surface area contributed by atoms with E-state index in [4.69, 9.17) is 34.4 Å². The summed E-state index contributed by atoms with van der Waals surface area (Å²) in [7, 11) is 1.57. The quantitative estimate of drug-likeness (QED) is 0.182. The first kappa shape index (κ1) is 37.1. The Morgan fingerprint density at radius 3 is 2.43 bits per heavy atom. The molecule has 3 aromatic rings. The third-order valence-electron chi connectivity index (χ3n) is 9.76. The van der Waals surface area contributed by atoms with Crippen LogP contribution in [0.25, 0.3) is 22.2 Å². The summed E-state index contributed by atoms with van der Waals surface area (Å²) in [6, 6.07) is 11.7. The highest BCUT2D eigenvalue weighted by Crippen LogP contribution is 2.56. The Labute approximate surface area is 306 Å². The standard InChI is InChI=1S/C39H44N4O10/c1-8-23-30(31(23)37(46)47)32-29(16-43(34(32)35(40)44)36(45)33(19(2)3)42-38(48)53-39(4,5)6)50-17-21-13-25(20-9-12-27-28(14-20)52-18-51-27)41-26-15-22(49-7)10-11-24(21)26/h8-15,23,29-32,34H,1,16-18H2,2-7H3,(H2,40,44)(H,42,48)(H,46,47)/t23-,29?,30?,31-,32?,34+/m1/s1. The smallest absolute Gasteiger partial charge is 0.412 e. The van der Waals surface area contributed by atoms with Gasteiger partial charge in [-0.15, -0.1) is 6.58 Å². The van der Waals surface area contributed by atoms with Crippen molar-refractivity contribution in [1.29, 1.82) is 0 Å². The van der Waals surface area contributed by atoms with Gasteiger partial charge in [-0.3, -0.25) is 19.7 Å². The first-order chi connectivity index (χ1) is 25.1. The van der Waals surface area contributed by atoms with Crippen LogP contribution in [0.15, 0.2) is 66.4 Å². The summed E-state index contributed by atoms with van der Waals surface area (Å²) in [6.45, 7) is 12.2. The number of fused-ring (bicyclic) bond motifs is 2. The molecule has 1 aromatic heterocycles. The van der Waals surface area contributed by atoms with Gasteiger partial charge in [0.25, 0.3) is 5.91 Å². The zero-order valence-electron chi connectivity index (χ0n) is 30.5. The van der Waals surface area contributed by atoms with Gasteiger partial charge in [0.05, 0.1) is 36.9 Å². The molecular weight excluding hydrogens is 684 g/mol. The third kappa shape index (κ3) is 7.49. The van der Waals surface area contributed by atoms with E-state index < -0.39 is 65.3 Å². The second-order valence-corrected chi connectivity index (χ2v) is 14.6. The fourth-order valence-electron chi connectivity index (χ4n) is 7.37. The van der Waals surface area contributed by atoms with Gasteiger partial charge in [0.1, 0.15) is 23.1 Å². The molecule has 0 radical (unpaired) electrons. The molecule has 1 aliphatic carbocycles. The third-order valence-corrected chi connectivity index (χ3v) is 9.76. The van der Waals surface area contributed by atoms with E-state index in [-0.39, 0.29) is 25.6 Å². The van der Waals surface area contributed by atoms with Crippen LogP contribution in [0, 0.1) is 23.7 Å². The van der Waals surface area contributed by atoms with E-state index in [0.29, 0.717) is 34.0 Å². The highest BCUT2D eigenvalue weighted by molar-refractivity contribution is 6.00. The highest BCUT2D eigenvalue weighted by Gasteiger charge is 2.64. The molecule has 4 N–H and O–H groups in total. The lowest BCUT2D eigenvalue weighted by atomic mass is 9.89. The molecule has 3 aliphatic rings. The summed E-state index contributed by atoms with van der Waals surface area (Å²) in [4.78, 5) is 58.9. The summed E-state index contributed by atoms with van der Waals surface area (Å²) >= 11 is 0. The Balaban J connectivity index is 1.37. The first-order valence-corrected chi connectivity index (χ1v) is 17.2. The molecule has 14 heteroatoms. The number of pyridine rings is 1. The van der Waals surface area contributed by atoms with Crippen molar-refractivity contribution in [3.05, 3.63) is 72.0 Å². The Hall–Kier alpha value is -5.63. The monoisotopic (exact) mass is 728 g/mol. The van der Waals surface area contributed by atoms with Gasteiger partial charge in [-0.25, -0.2) is 9.78 Å². The lowest BCUT2D eigenvalue weighted by Crippen LogP contribution is -2.50. The second kappa shape index (κ2) is 14.4. The van der Waals surface area contributed by atoms with Crippen LogP contribution >= 0.6 is 0 Å². The predicted molar refractivity (Wildman–Crippen MR) is 193 cm³/mol. The number of nitrogens with two attached hydrogens (primary N) is 1. The summed E-state index contributed by atoms with van der Waals surface area (Å²) < 4.78 is 28.6. The number of nitrogens with one attached hydrogen (secondary N) is 1. The molecule has 3 heterocycles. The summed E-state index contributed by atoms with van der Waals surface area (Å²) in [5.74, 6) is -3.46. The van der Waals surface area contributed by atoms with Crippen molar-refractivity contribution in [2.75, 3.05) is 20.4 Å². The van der Waals surface area contributed by atoms with E-state index in [0.717, 1.165) is 16.5 Å². The van der Waals surface area contributed by atoms with Gasteiger partial charge in [-0.2, -0.15) is 0 Å². The van der Waals surface area contributed by atoms with E-state index in [9.17, 15) is 24.3 Å². The molecule has 6 atom stereocenters. The van der Waals surface area contributed by atoms with Crippen molar-refractivity contribution < 1.29 is 48.0 Å². The number of benzene rings is 2. The number of amides is 3. The van der Waals surface area contributed by atoms with E-state index in [1.807, 2.05) is 42.5 Å². The number of aromatic nitrogens is 1. The molecule has 280 valence electrons. The number of alkyl carbamates (subject to hydrolysis) is 1. The van der Waals surface area contributed by atoms with Gasteiger partial charge in [-0.1, -0.05) is 6.08 Å². The van der Waals surface area contributed by atoms with Crippen LogP contribution in [0.3, 0.4) is 0 Å². The molecule has 6 rings (SSSR count). The van der Waals surface area contributed by atoms with Gasteiger partial charge < -0.3 is 39.4 Å². The van der Waals surface area contributed by atoms with Crippen LogP contribution < -0.4 is 25.3 Å². The number of carboxylic acids is 1. The van der Waals surface area contributed by atoms with Crippen LogP contribution in [-0.4, -0.2) is 77.1 Å². The molecule has 53 heavy (non-hydrogen) atoms. The minimum Gasteiger partial charge on any atom is -0.497 e. The van der Waals surface area contributed by atoms with Gasteiger partial charge in [0, 0.05) is 29.5 Å². The fraction of sp³-hybridized carbons (Fsp3) is 0.410. The number of allylic oxidation sites excluding steroid dienone is 2. The minimum absolute atomic E-state index is 0.00640. The van der Waals surface area contributed by atoms with Gasteiger partial charge in [-0.05, 0) is 94.0 Å². The Bertz CT molecular complexity index is 2020. The van der Waals surface area contributed by atoms with Gasteiger partial charge in [0.2, 0.25) is 12.7 Å². The molecule has 0 bridgehead atoms. The second-order valence-electron chi connectivity index (χ2n) is 14.6. The Morgan fingerprint density at radius 2 is 1.81 bits per heavy atom. The van der Waals surface area contributed by atoms with Crippen molar-refractivity contribution in [3.63, 3.8) is 0 Å². The summed E-state index contributed by atoms with van der Waals surface area (Å²) in [5, 5.41) is 13.4. The zero-order chi connectivity index (χ0) is 38.4. The maximum Gasteiger partial charge on any atom is 0.412 e. The number of likely N-dealkylation sites (tertiary alicyclic amines) is 1. The number of ether oxygens (including phenoxy) is 5. The molecule has 3 unspecified atom stereocenters. The largest absolute Gasteiger partial charge is 0.497 e. The number of aliphatic carboxylic acids is 1. The van der Waals surface area contributed by atoms with Crippen LogP contribution in [0.1, 0.15) is 40.2 Å². The number of primary amides is 1. The van der Waals surface area contributed by atoms with Crippen molar-refractivity contribution in [3.8, 4) is 28.5 Å². The molecule has 3 amide bonds. The van der Waals surface area contributed by atoms with E-state index >= 15 is 0 Å². The first-order valence-electron chi connectivity index (χ1n) is 17.2. The average molecular weight is 729 g/mol. The lowest BCUT2D eigenvalue weighted by molar-refractivity contribution is -0.140. The molecule has 14 nitrogen and oxygen atoms in total. The van der Waals surface area contributed by atoms with Crippen molar-refractivity contribution in [1.82, 2.24) is 15.2 Å². The maximum atomic E-state index is 14.3. The van der Waals surface area contributed by atoms with Crippen molar-refractivity contribution >= 4 is 34.8 Å². The van der Waals surface area contributed by atoms with Crippen molar-refractivity contribution in [2.24, 2.45) is 29.4 Å². The molecule has 1 saturated heterocycles. The SMILES string of the molecule is C=C[C@@H]1C(C2C(OCc3cc(-c4ccc5c(c4)OCO5)nc4cc(OC)ccc34)CN(C(=O)C(NC(=O)OC(C)(C)C)=C(C)C)[C@@H]2C(N)=O)[C@@H]1C(=O)O. The van der Waals surface area contributed by atoms with Crippen molar-refractivity contribution in [2.45, 2.75) is 59.0 Å². The number of methoxy groups -OCH3 is 1. The van der Waals surface area contributed by atoms with Crippen LogP contribution in [0.5, 0.6) is 17.2 Å². The summed E-state index contributed by atoms with van der Waals surface area (Å²) in [5.41, 5.74) is 8.32. The van der Waals surface area contributed by atoms with E-state index in [1.54, 1.807) is 47.8 Å². The number of hydrogen-bond donors (Lipinski definition) is 3. The Morgan fingerprint density at radius 1 is 1.08 bits per heavy atom. The predicted octanol–water partition coefficient (Wildman–Crippen LogP) is 4.79. The number of carbonyl (C=O) groups excluding carboxylic acids is 3. The van der Waals surface area contributed by atoms with E-state index in [2.05, 4.69) is 11.9 Å². The molecule has 0 spiro atoms. The van der Waals surface area contributed by atoms with Crippen LogP contribution in [0.2, 0.25) is 0 Å². The number of hydrogen-bond acceptors (Lipinski definition) is 10. The topological polar surface area (TPSA) is 189 Å². The number of carbonyl (C=O) groups is 4. The minimum atomic E-state index is -1.25. The number of rotatable bonds is 11. The molecule has 1 saturated carbocycles. The maximum absolute atomic E-state index is 14.3. The van der Waals surface area contributed by atoms with Gasteiger partial charge in [0.15, 0.2) is 11.5 Å². The van der Waals surface area contributed by atoms with Gasteiger partial charge >= 0.3 is 12.1 Å². The summed E-state index contributed by atoms with van der Waals surface area (Å²) in [6.07, 6.45) is -0.125. The van der Waals surface area contributed by atoms with Crippen LogP contribution in [-0.2, 0) is 30.5 Å². The molecule has 2 aliphatic heterocycles. The number of carboxylic acid groups (broad SMARTS) is 1. The molecule has 2 aromatic carbocycles. The normalized spacial score (nSPS) is 22.9. The molecule has 2 fully saturated rings. The zero-order valence-corrected chi connectivity index (χ0v) is 30.5. The van der Waals surface area contributed by atoms with E-state index in [1.165, 1.54) is 4.90 Å². The number of nitrogens with zero attached hydrogens (tertiary/aromatic N) is 2. The average Bonchev–Trinajstić information content (AvgIpc) is 3.42. The highest BCUT2D eigenvalue weighted by atomic mass is 16.7. The fourth-order valence-corrected chi connectivity index (χ4v) is 7.37. The lowest BCUT2D eigenvalue weighted by Gasteiger charge is -2.28.